The zero-order valence-electron chi connectivity index (χ0n) is 24.3. The van der Waals surface area contributed by atoms with Gasteiger partial charge in [-0.3, -0.25) is 9.10 Å². The number of aliphatic hydroxyl groups is 2. The Morgan fingerprint density at radius 1 is 1.02 bits per heavy atom. The molecule has 4 rings (SSSR count). The summed E-state index contributed by atoms with van der Waals surface area (Å²) in [5, 5.41) is 25.8. The molecule has 18 heteroatoms. The second kappa shape index (κ2) is 12.5. The van der Waals surface area contributed by atoms with Gasteiger partial charge in [0.1, 0.15) is 11.4 Å². The van der Waals surface area contributed by atoms with Crippen molar-refractivity contribution in [3.8, 4) is 0 Å². The minimum atomic E-state index is -6.17. The maximum atomic E-state index is 13.9. The molecule has 3 amide bonds. The Morgan fingerprint density at radius 2 is 1.65 bits per heavy atom. The fourth-order valence-electron chi connectivity index (χ4n) is 5.59. The number of urea groups is 1. The van der Waals surface area contributed by atoms with Gasteiger partial charge in [-0.1, -0.05) is 12.1 Å². The second-order valence-corrected chi connectivity index (χ2v) is 13.0. The lowest BCUT2D eigenvalue weighted by molar-refractivity contribution is -0.376. The molecule has 2 atom stereocenters. The van der Waals surface area contributed by atoms with Crippen molar-refractivity contribution in [2.75, 3.05) is 30.5 Å². The summed E-state index contributed by atoms with van der Waals surface area (Å²) in [5.74, 6) is -1.39. The Bertz CT molecular complexity index is 1560. The van der Waals surface area contributed by atoms with Crippen LogP contribution in [0.3, 0.4) is 0 Å². The standard InChI is InChI=1S/C28H31F7N4O6S/c1-2-36-24(41)37-15-25(42)11-12-38(16-25)23(40)14-20-7-3-17-13-18(26(43,27(30,31)32)28(33,34)35)4-10-22(17)39(20)46(44,45)21-8-5-19(29)6-9-21/h4-6,8-10,13,20,42-43H,2-3,7,11-12,14-16H2,1H3,(H2,36,37,41)/t20-,25?/m0/s1. The van der Waals surface area contributed by atoms with Gasteiger partial charge in [-0.25, -0.2) is 17.6 Å². The van der Waals surface area contributed by atoms with Crippen molar-refractivity contribution < 1.29 is 59.0 Å². The summed E-state index contributed by atoms with van der Waals surface area (Å²) < 4.78 is 124. The highest BCUT2D eigenvalue weighted by molar-refractivity contribution is 7.92. The summed E-state index contributed by atoms with van der Waals surface area (Å²) in [6.07, 6.45) is -13.2. The third-order valence-electron chi connectivity index (χ3n) is 8.01. The van der Waals surface area contributed by atoms with Crippen molar-refractivity contribution in [2.45, 2.75) is 67.1 Å². The van der Waals surface area contributed by atoms with Crippen LogP contribution in [0.4, 0.5) is 41.2 Å². The van der Waals surface area contributed by atoms with E-state index in [1.807, 2.05) is 0 Å². The topological polar surface area (TPSA) is 139 Å². The number of rotatable bonds is 8. The first kappa shape index (κ1) is 35.2. The molecule has 1 unspecified atom stereocenters. The molecule has 2 aliphatic rings. The number of alkyl halides is 6. The van der Waals surface area contributed by atoms with E-state index in [2.05, 4.69) is 10.6 Å². The number of β-amino-alcohol motifs (C(OH)–C–C–N with tert-alkyl or cyclic N) is 1. The van der Waals surface area contributed by atoms with Gasteiger partial charge < -0.3 is 25.7 Å². The van der Waals surface area contributed by atoms with Gasteiger partial charge in [0.2, 0.25) is 5.91 Å². The summed E-state index contributed by atoms with van der Waals surface area (Å²) >= 11 is 0. The number of nitrogens with zero attached hydrogens (tertiary/aromatic N) is 2. The molecule has 2 heterocycles. The zero-order valence-corrected chi connectivity index (χ0v) is 25.1. The van der Waals surface area contributed by atoms with Gasteiger partial charge in [0, 0.05) is 31.6 Å². The van der Waals surface area contributed by atoms with E-state index in [0.717, 1.165) is 24.3 Å². The van der Waals surface area contributed by atoms with Crippen molar-refractivity contribution >= 4 is 27.6 Å². The van der Waals surface area contributed by atoms with Gasteiger partial charge in [-0.2, -0.15) is 26.3 Å². The van der Waals surface area contributed by atoms with Crippen LogP contribution in [0.15, 0.2) is 47.4 Å². The number of aryl methyl sites for hydroxylation is 1. The van der Waals surface area contributed by atoms with Crippen LogP contribution in [-0.2, 0) is 26.8 Å². The van der Waals surface area contributed by atoms with Gasteiger partial charge in [0.25, 0.3) is 15.6 Å². The molecule has 0 radical (unpaired) electrons. The van der Waals surface area contributed by atoms with Gasteiger partial charge in [0.15, 0.2) is 0 Å². The molecule has 2 aliphatic heterocycles. The van der Waals surface area contributed by atoms with E-state index in [9.17, 15) is 59.0 Å². The highest BCUT2D eigenvalue weighted by Gasteiger charge is 2.71. The molecule has 2 aromatic rings. The predicted octanol–water partition coefficient (Wildman–Crippen LogP) is 3.32. The molecule has 0 saturated carbocycles. The molecule has 4 N–H and O–H groups in total. The van der Waals surface area contributed by atoms with Gasteiger partial charge in [-0.15, -0.1) is 0 Å². The SMILES string of the molecule is CCNC(=O)NCC1(O)CCN(C(=O)C[C@@H]2CCc3cc(C(O)(C(F)(F)F)C(F)(F)F)ccc3N2S(=O)(=O)c2ccc(F)cc2)C1. The first-order valence-corrected chi connectivity index (χ1v) is 15.5. The van der Waals surface area contributed by atoms with E-state index in [1.54, 1.807) is 6.92 Å². The van der Waals surface area contributed by atoms with E-state index in [4.69, 9.17) is 0 Å². The number of benzene rings is 2. The summed E-state index contributed by atoms with van der Waals surface area (Å²) in [7, 11) is -4.68. The van der Waals surface area contributed by atoms with Crippen LogP contribution < -0.4 is 14.9 Å². The fourth-order valence-corrected chi connectivity index (χ4v) is 7.31. The van der Waals surface area contributed by atoms with Crippen LogP contribution in [-0.4, -0.2) is 85.6 Å². The number of nitrogens with one attached hydrogen (secondary N) is 2. The molecule has 0 aromatic heterocycles. The molecule has 0 spiro atoms. The minimum absolute atomic E-state index is 0.0528. The number of hydrogen-bond donors (Lipinski definition) is 4. The smallest absolute Gasteiger partial charge is 0.386 e. The average Bonchev–Trinajstić information content (AvgIpc) is 3.36. The Balaban J connectivity index is 1.68. The van der Waals surface area contributed by atoms with Gasteiger partial charge >= 0.3 is 18.4 Å². The monoisotopic (exact) mass is 684 g/mol. The maximum absolute atomic E-state index is 13.9. The number of amides is 3. The maximum Gasteiger partial charge on any atom is 0.430 e. The van der Waals surface area contributed by atoms with Crippen molar-refractivity contribution in [1.29, 1.82) is 0 Å². The van der Waals surface area contributed by atoms with Crippen LogP contribution >= 0.6 is 0 Å². The molecule has 1 saturated heterocycles. The lowest BCUT2D eigenvalue weighted by atomic mass is 9.87. The zero-order chi connectivity index (χ0) is 34.3. The molecule has 0 aliphatic carbocycles. The molecule has 10 nitrogen and oxygen atoms in total. The third-order valence-corrected chi connectivity index (χ3v) is 9.90. The molecule has 46 heavy (non-hydrogen) atoms. The predicted molar refractivity (Wildman–Crippen MR) is 148 cm³/mol. The number of carbonyl (C=O) groups is 2. The first-order chi connectivity index (χ1) is 21.2. The molecule has 0 bridgehead atoms. The number of anilines is 1. The van der Waals surface area contributed by atoms with E-state index >= 15 is 0 Å². The van der Waals surface area contributed by atoms with E-state index in [0.29, 0.717) is 29.0 Å². The average molecular weight is 685 g/mol. The van der Waals surface area contributed by atoms with Crippen LogP contribution in [0, 0.1) is 5.82 Å². The largest absolute Gasteiger partial charge is 0.430 e. The Labute approximate surface area is 259 Å². The lowest BCUT2D eigenvalue weighted by Gasteiger charge is -2.39. The van der Waals surface area contributed by atoms with E-state index < -0.39 is 74.3 Å². The number of hydrogen-bond acceptors (Lipinski definition) is 6. The molecule has 254 valence electrons. The normalized spacial score (nSPS) is 20.8. The van der Waals surface area contributed by atoms with Crippen molar-refractivity contribution in [1.82, 2.24) is 15.5 Å². The van der Waals surface area contributed by atoms with Crippen molar-refractivity contribution in [2.24, 2.45) is 0 Å². The minimum Gasteiger partial charge on any atom is -0.386 e. The highest BCUT2D eigenvalue weighted by Crippen LogP contribution is 2.51. The summed E-state index contributed by atoms with van der Waals surface area (Å²) in [5.41, 5.74) is -8.90. The third kappa shape index (κ3) is 6.73. The van der Waals surface area contributed by atoms with Crippen LogP contribution in [0.2, 0.25) is 0 Å². The van der Waals surface area contributed by atoms with Crippen LogP contribution in [0.1, 0.15) is 37.3 Å². The lowest BCUT2D eigenvalue weighted by Crippen LogP contribution is -2.54. The Morgan fingerprint density at radius 3 is 2.24 bits per heavy atom. The first-order valence-electron chi connectivity index (χ1n) is 14.0. The summed E-state index contributed by atoms with van der Waals surface area (Å²) in [6, 6.07) is 3.25. The molecule has 2 aromatic carbocycles. The van der Waals surface area contributed by atoms with E-state index in [1.165, 1.54) is 4.90 Å². The number of fused-ring (bicyclic) bond motifs is 1. The van der Waals surface area contributed by atoms with Crippen molar-refractivity contribution in [3.05, 3.63) is 59.4 Å². The van der Waals surface area contributed by atoms with E-state index in [-0.39, 0.29) is 50.1 Å². The summed E-state index contributed by atoms with van der Waals surface area (Å²) in [4.78, 5) is 25.9. The Kier molecular flexibility index (Phi) is 9.58. The second-order valence-electron chi connectivity index (χ2n) is 11.2. The number of carbonyl (C=O) groups excluding carboxylic acids is 2. The van der Waals surface area contributed by atoms with Gasteiger partial charge in [-0.05, 0) is 62.1 Å². The van der Waals surface area contributed by atoms with Crippen LogP contribution in [0.25, 0.3) is 0 Å². The van der Waals surface area contributed by atoms with Crippen molar-refractivity contribution in [3.63, 3.8) is 0 Å². The quantitative estimate of drug-likeness (QED) is 0.315. The molecular formula is C28H31F7N4O6S. The fraction of sp³-hybridized carbons (Fsp3) is 0.500. The molecule has 1 fully saturated rings. The Hall–Kier alpha value is -3.64. The molecular weight excluding hydrogens is 653 g/mol. The van der Waals surface area contributed by atoms with Crippen LogP contribution in [0.5, 0.6) is 0 Å². The number of sulfonamides is 1. The number of halogens is 7. The highest BCUT2D eigenvalue weighted by atomic mass is 32.2. The van der Waals surface area contributed by atoms with Gasteiger partial charge in [0.05, 0.1) is 23.2 Å². The number of likely N-dealkylation sites (tertiary alicyclic amines) is 1. The summed E-state index contributed by atoms with van der Waals surface area (Å²) in [6.45, 7) is 1.69.